The highest BCUT2D eigenvalue weighted by molar-refractivity contribution is 5.92. The minimum atomic E-state index is -1.11. The van der Waals surface area contributed by atoms with Crippen LogP contribution in [0.3, 0.4) is 0 Å². The van der Waals surface area contributed by atoms with Gasteiger partial charge in [-0.3, -0.25) is 9.78 Å². The van der Waals surface area contributed by atoms with Crippen LogP contribution < -0.4 is 10.1 Å². The Morgan fingerprint density at radius 2 is 1.95 bits per heavy atom. The molecule has 1 aromatic heterocycles. The Morgan fingerprint density at radius 3 is 2.65 bits per heavy atom. The van der Waals surface area contributed by atoms with E-state index in [0.29, 0.717) is 11.4 Å². The Morgan fingerprint density at radius 1 is 1.20 bits per heavy atom. The molecule has 0 spiro atoms. The van der Waals surface area contributed by atoms with Gasteiger partial charge in [0.2, 0.25) is 5.91 Å². The Labute approximate surface area is 115 Å². The number of nitrogens with one attached hydrogen (secondary N) is 1. The van der Waals surface area contributed by atoms with Gasteiger partial charge in [0.15, 0.2) is 11.5 Å². The van der Waals surface area contributed by atoms with Gasteiger partial charge < -0.3 is 15.2 Å². The summed E-state index contributed by atoms with van der Waals surface area (Å²) in [5.41, 5.74) is 0.456. The summed E-state index contributed by atoms with van der Waals surface area (Å²) in [6.07, 6.45) is 2.68. The highest BCUT2D eigenvalue weighted by Crippen LogP contribution is 2.30. The molecule has 0 saturated heterocycles. The van der Waals surface area contributed by atoms with Crippen LogP contribution in [-0.4, -0.2) is 22.0 Å². The molecule has 20 heavy (non-hydrogen) atoms. The number of nitrogens with zero attached hydrogens (tertiary/aromatic N) is 1. The number of carbonyl (C=O) groups is 2. The number of benzene rings is 1. The average molecular weight is 272 g/mol. The molecular formula is C14H12N2O4. The van der Waals surface area contributed by atoms with Crippen molar-refractivity contribution in [1.29, 1.82) is 0 Å². The average Bonchev–Trinajstić information content (AvgIpc) is 2.41. The number of aromatic carboxylic acids is 1. The van der Waals surface area contributed by atoms with E-state index in [-0.39, 0.29) is 17.2 Å². The van der Waals surface area contributed by atoms with Crippen LogP contribution in [0.5, 0.6) is 11.5 Å². The first-order chi connectivity index (χ1) is 9.58. The number of carboxylic acid groups (broad SMARTS) is 1. The molecule has 0 aliphatic rings. The van der Waals surface area contributed by atoms with Crippen molar-refractivity contribution in [3.8, 4) is 11.5 Å². The fourth-order valence-electron chi connectivity index (χ4n) is 1.61. The predicted molar refractivity (Wildman–Crippen MR) is 72.0 cm³/mol. The third-order valence-corrected chi connectivity index (χ3v) is 2.43. The molecule has 1 heterocycles. The van der Waals surface area contributed by atoms with Gasteiger partial charge in [-0.1, -0.05) is 12.1 Å². The van der Waals surface area contributed by atoms with Gasteiger partial charge in [-0.25, -0.2) is 4.79 Å². The van der Waals surface area contributed by atoms with Gasteiger partial charge in [-0.2, -0.15) is 0 Å². The Balaban J connectivity index is 2.35. The molecule has 1 amide bonds. The second kappa shape index (κ2) is 5.83. The monoisotopic (exact) mass is 272 g/mol. The smallest absolute Gasteiger partial charge is 0.339 e. The normalized spacial score (nSPS) is 9.85. The van der Waals surface area contributed by atoms with E-state index >= 15 is 0 Å². The van der Waals surface area contributed by atoms with E-state index in [4.69, 9.17) is 9.84 Å². The van der Waals surface area contributed by atoms with Crippen LogP contribution in [0.25, 0.3) is 0 Å². The minimum Gasteiger partial charge on any atom is -0.478 e. The maximum atomic E-state index is 11.1. The number of rotatable bonds is 4. The number of para-hydroxylation sites is 2. The largest absolute Gasteiger partial charge is 0.478 e. The molecule has 6 nitrogen and oxygen atoms in total. The highest BCUT2D eigenvalue weighted by atomic mass is 16.5. The Kier molecular flexibility index (Phi) is 3.95. The van der Waals surface area contributed by atoms with E-state index in [1.807, 2.05) is 0 Å². The van der Waals surface area contributed by atoms with E-state index in [2.05, 4.69) is 10.3 Å². The number of ether oxygens (including phenoxy) is 1. The lowest BCUT2D eigenvalue weighted by atomic mass is 10.2. The first-order valence-electron chi connectivity index (χ1n) is 5.79. The summed E-state index contributed by atoms with van der Waals surface area (Å²) in [6, 6.07) is 8.09. The van der Waals surface area contributed by atoms with E-state index < -0.39 is 5.97 Å². The number of carbonyl (C=O) groups excluding carboxylic acids is 1. The molecule has 0 bridgehead atoms. The number of carboxylic acids is 1. The number of hydrogen-bond donors (Lipinski definition) is 2. The minimum absolute atomic E-state index is 0.00220. The predicted octanol–water partition coefficient (Wildman–Crippen LogP) is 2.53. The molecular weight excluding hydrogens is 260 g/mol. The van der Waals surface area contributed by atoms with Crippen molar-refractivity contribution in [3.63, 3.8) is 0 Å². The van der Waals surface area contributed by atoms with Crippen LogP contribution in [0.4, 0.5) is 5.69 Å². The molecule has 102 valence electrons. The van der Waals surface area contributed by atoms with Gasteiger partial charge in [-0.15, -0.1) is 0 Å². The van der Waals surface area contributed by atoms with E-state index in [0.717, 1.165) is 0 Å². The summed E-state index contributed by atoms with van der Waals surface area (Å²) < 4.78 is 5.54. The maximum absolute atomic E-state index is 11.1. The summed E-state index contributed by atoms with van der Waals surface area (Å²) in [4.78, 5) is 26.1. The van der Waals surface area contributed by atoms with Crippen molar-refractivity contribution < 1.29 is 19.4 Å². The van der Waals surface area contributed by atoms with Crippen LogP contribution in [0.15, 0.2) is 42.7 Å². The summed E-state index contributed by atoms with van der Waals surface area (Å²) in [5.74, 6) is -0.902. The first-order valence-corrected chi connectivity index (χ1v) is 5.79. The molecule has 2 aromatic rings. The van der Waals surface area contributed by atoms with E-state index in [9.17, 15) is 9.59 Å². The SMILES string of the molecule is CC(=O)Nc1ccccc1Oc1cnccc1C(=O)O. The zero-order valence-corrected chi connectivity index (χ0v) is 10.7. The first kappa shape index (κ1) is 13.5. The molecule has 0 aliphatic heterocycles. The van der Waals surface area contributed by atoms with Crippen molar-refractivity contribution >= 4 is 17.6 Å². The molecule has 6 heteroatoms. The molecule has 0 fully saturated rings. The van der Waals surface area contributed by atoms with Gasteiger partial charge in [-0.05, 0) is 18.2 Å². The fraction of sp³-hybridized carbons (Fsp3) is 0.0714. The number of anilines is 1. The van der Waals surface area contributed by atoms with Crippen molar-refractivity contribution in [3.05, 3.63) is 48.3 Å². The van der Waals surface area contributed by atoms with Gasteiger partial charge in [0.1, 0.15) is 5.56 Å². The van der Waals surface area contributed by atoms with Crippen LogP contribution in [0.2, 0.25) is 0 Å². The number of amides is 1. The maximum Gasteiger partial charge on any atom is 0.339 e. The lowest BCUT2D eigenvalue weighted by Crippen LogP contribution is -2.07. The van der Waals surface area contributed by atoms with Crippen LogP contribution in [-0.2, 0) is 4.79 Å². The summed E-state index contributed by atoms with van der Waals surface area (Å²) in [7, 11) is 0. The molecule has 0 radical (unpaired) electrons. The van der Waals surface area contributed by atoms with Crippen LogP contribution in [0.1, 0.15) is 17.3 Å². The molecule has 0 saturated carbocycles. The van der Waals surface area contributed by atoms with E-state index in [1.165, 1.54) is 25.4 Å². The molecule has 2 rings (SSSR count). The molecule has 1 aromatic carbocycles. The Bertz CT molecular complexity index is 655. The number of aromatic nitrogens is 1. The third-order valence-electron chi connectivity index (χ3n) is 2.43. The Hall–Kier alpha value is -2.89. The topological polar surface area (TPSA) is 88.5 Å². The summed E-state index contributed by atoms with van der Waals surface area (Å²) in [5, 5.41) is 11.7. The zero-order chi connectivity index (χ0) is 14.5. The zero-order valence-electron chi connectivity index (χ0n) is 10.7. The quantitative estimate of drug-likeness (QED) is 0.892. The van der Waals surface area contributed by atoms with Gasteiger partial charge in [0.05, 0.1) is 11.9 Å². The number of pyridine rings is 1. The van der Waals surface area contributed by atoms with Crippen LogP contribution in [0, 0.1) is 0 Å². The summed E-state index contributed by atoms with van der Waals surface area (Å²) >= 11 is 0. The lowest BCUT2D eigenvalue weighted by molar-refractivity contribution is -0.114. The molecule has 2 N–H and O–H groups in total. The second-order valence-electron chi connectivity index (χ2n) is 3.96. The summed E-state index contributed by atoms with van der Waals surface area (Å²) in [6.45, 7) is 1.38. The van der Waals surface area contributed by atoms with Gasteiger partial charge in [0.25, 0.3) is 0 Å². The third kappa shape index (κ3) is 3.11. The van der Waals surface area contributed by atoms with Gasteiger partial charge in [0, 0.05) is 13.1 Å². The number of hydrogen-bond acceptors (Lipinski definition) is 4. The standard InChI is InChI=1S/C14H12N2O4/c1-9(17)16-11-4-2-3-5-12(11)20-13-8-15-7-6-10(13)14(18)19/h2-8H,1H3,(H,16,17)(H,18,19). The fourth-order valence-corrected chi connectivity index (χ4v) is 1.61. The molecule has 0 atom stereocenters. The highest BCUT2D eigenvalue weighted by Gasteiger charge is 2.13. The van der Waals surface area contributed by atoms with Crippen molar-refractivity contribution in [2.75, 3.05) is 5.32 Å². The molecule has 0 aliphatic carbocycles. The van der Waals surface area contributed by atoms with E-state index in [1.54, 1.807) is 24.3 Å². The van der Waals surface area contributed by atoms with Gasteiger partial charge >= 0.3 is 5.97 Å². The van der Waals surface area contributed by atoms with Crippen molar-refractivity contribution in [2.24, 2.45) is 0 Å². The second-order valence-corrected chi connectivity index (χ2v) is 3.96. The van der Waals surface area contributed by atoms with Crippen LogP contribution >= 0.6 is 0 Å². The lowest BCUT2D eigenvalue weighted by Gasteiger charge is -2.12. The van der Waals surface area contributed by atoms with Crippen molar-refractivity contribution in [1.82, 2.24) is 4.98 Å². The molecule has 0 unspecified atom stereocenters. The van der Waals surface area contributed by atoms with Crippen molar-refractivity contribution in [2.45, 2.75) is 6.92 Å².